The molecule has 1 saturated heterocycles. The lowest BCUT2D eigenvalue weighted by Gasteiger charge is -2.36. The molecular weight excluding hydrogens is 314 g/mol. The van der Waals surface area contributed by atoms with Crippen LogP contribution in [0.5, 0.6) is 0 Å². The van der Waals surface area contributed by atoms with Gasteiger partial charge >= 0.3 is 0 Å². The van der Waals surface area contributed by atoms with Crippen molar-refractivity contribution >= 4 is 28.8 Å². The van der Waals surface area contributed by atoms with Crippen LogP contribution >= 0.6 is 12.2 Å². The molecule has 4 rings (SSSR count). The summed E-state index contributed by atoms with van der Waals surface area (Å²) in [7, 11) is 0. The lowest BCUT2D eigenvalue weighted by atomic mass is 10.2. The fourth-order valence-electron chi connectivity index (χ4n) is 3.38. The van der Waals surface area contributed by atoms with Crippen molar-refractivity contribution in [2.45, 2.75) is 6.67 Å². The molecule has 1 fully saturated rings. The third kappa shape index (κ3) is 3.07. The average Bonchev–Trinajstić information content (AvgIpc) is 2.65. The topological polar surface area (TPSA) is 11.4 Å². The largest absolute Gasteiger partial charge is 0.369 e. The lowest BCUT2D eigenvalue weighted by molar-refractivity contribution is 0.208. The first-order valence-electron chi connectivity index (χ1n) is 8.42. The first-order chi connectivity index (χ1) is 11.8. The van der Waals surface area contributed by atoms with Crippen molar-refractivity contribution in [2.24, 2.45) is 0 Å². The molecule has 0 radical (unpaired) electrons. The van der Waals surface area contributed by atoms with Gasteiger partial charge in [-0.3, -0.25) is 4.90 Å². The quantitative estimate of drug-likeness (QED) is 0.667. The molecule has 0 unspecified atom stereocenters. The first-order valence-corrected chi connectivity index (χ1v) is 8.83. The molecule has 0 spiro atoms. The van der Waals surface area contributed by atoms with E-state index in [-0.39, 0.29) is 0 Å². The Balaban J connectivity index is 1.50. The summed E-state index contributed by atoms with van der Waals surface area (Å²) in [6.45, 7) is 5.09. The Hall–Kier alpha value is -2.17. The standard InChI is InChI=1S/C20H21N3S/c24-20-11-10-17-6-4-5-9-19(17)23(20)16-21-12-14-22(15-13-21)18-7-2-1-3-8-18/h1-11H,12-16H2. The minimum absolute atomic E-state index is 0.864. The summed E-state index contributed by atoms with van der Waals surface area (Å²) in [5, 5.41) is 1.24. The highest BCUT2D eigenvalue weighted by atomic mass is 32.1. The zero-order valence-electron chi connectivity index (χ0n) is 13.6. The molecule has 2 heterocycles. The molecule has 4 heteroatoms. The van der Waals surface area contributed by atoms with Gasteiger partial charge < -0.3 is 9.47 Å². The first kappa shape index (κ1) is 15.4. The summed E-state index contributed by atoms with van der Waals surface area (Å²) in [6.07, 6.45) is 0. The predicted molar refractivity (Wildman–Crippen MR) is 103 cm³/mol. The summed E-state index contributed by atoms with van der Waals surface area (Å²) in [6, 6.07) is 23.3. The molecule has 0 saturated carbocycles. The Morgan fingerprint density at radius 1 is 0.750 bits per heavy atom. The molecule has 0 amide bonds. The van der Waals surface area contributed by atoms with Gasteiger partial charge in [0.1, 0.15) is 4.64 Å². The van der Waals surface area contributed by atoms with Gasteiger partial charge in [-0.2, -0.15) is 0 Å². The summed E-state index contributed by atoms with van der Waals surface area (Å²) < 4.78 is 3.15. The zero-order valence-corrected chi connectivity index (χ0v) is 14.5. The van der Waals surface area contributed by atoms with Crippen molar-refractivity contribution in [3.05, 3.63) is 71.4 Å². The molecule has 2 aromatic carbocycles. The maximum absolute atomic E-state index is 5.57. The fourth-order valence-corrected chi connectivity index (χ4v) is 3.60. The van der Waals surface area contributed by atoms with Crippen LogP contribution in [0.4, 0.5) is 5.69 Å². The Morgan fingerprint density at radius 2 is 1.46 bits per heavy atom. The molecule has 0 atom stereocenters. The van der Waals surface area contributed by atoms with Crippen molar-refractivity contribution in [1.29, 1.82) is 0 Å². The smallest absolute Gasteiger partial charge is 0.107 e. The maximum Gasteiger partial charge on any atom is 0.107 e. The molecule has 1 aliphatic rings. The molecule has 0 aliphatic carbocycles. The third-order valence-corrected chi connectivity index (χ3v) is 5.09. The van der Waals surface area contributed by atoms with E-state index in [1.807, 2.05) is 6.07 Å². The molecule has 3 aromatic rings. The number of pyridine rings is 1. The minimum Gasteiger partial charge on any atom is -0.369 e. The summed E-state index contributed by atoms with van der Waals surface area (Å²) >= 11 is 5.57. The number of nitrogens with zero attached hydrogens (tertiary/aromatic N) is 3. The maximum atomic E-state index is 5.57. The van der Waals surface area contributed by atoms with Crippen LogP contribution in [0.15, 0.2) is 66.7 Å². The van der Waals surface area contributed by atoms with E-state index < -0.39 is 0 Å². The summed E-state index contributed by atoms with van der Waals surface area (Å²) in [4.78, 5) is 4.94. The minimum atomic E-state index is 0.864. The zero-order chi connectivity index (χ0) is 16.4. The number of hydrogen-bond acceptors (Lipinski definition) is 3. The van der Waals surface area contributed by atoms with E-state index in [0.717, 1.165) is 37.5 Å². The third-order valence-electron chi connectivity index (χ3n) is 4.73. The highest BCUT2D eigenvalue weighted by molar-refractivity contribution is 7.71. The number of aromatic nitrogens is 1. The Kier molecular flexibility index (Phi) is 4.32. The Bertz CT molecular complexity index is 880. The van der Waals surface area contributed by atoms with Crippen LogP contribution in [0.3, 0.4) is 0 Å². The molecule has 3 nitrogen and oxygen atoms in total. The molecule has 0 N–H and O–H groups in total. The second-order valence-corrected chi connectivity index (χ2v) is 6.66. The molecule has 1 aromatic heterocycles. The monoisotopic (exact) mass is 335 g/mol. The van der Waals surface area contributed by atoms with Gasteiger partial charge in [0.15, 0.2) is 0 Å². The van der Waals surface area contributed by atoms with Crippen LogP contribution in [-0.2, 0) is 6.67 Å². The molecular formula is C20H21N3S. The summed E-state index contributed by atoms with van der Waals surface area (Å²) in [5.41, 5.74) is 2.54. The Morgan fingerprint density at radius 3 is 2.25 bits per heavy atom. The highest BCUT2D eigenvalue weighted by Crippen LogP contribution is 2.18. The van der Waals surface area contributed by atoms with Crippen LogP contribution in [-0.4, -0.2) is 35.6 Å². The fraction of sp³-hybridized carbons (Fsp3) is 0.250. The molecule has 24 heavy (non-hydrogen) atoms. The van der Waals surface area contributed by atoms with Gasteiger partial charge in [-0.15, -0.1) is 0 Å². The van der Waals surface area contributed by atoms with Gasteiger partial charge in [0.25, 0.3) is 0 Å². The van der Waals surface area contributed by atoms with Crippen LogP contribution in [0, 0.1) is 4.64 Å². The lowest BCUT2D eigenvalue weighted by Crippen LogP contribution is -2.46. The second-order valence-electron chi connectivity index (χ2n) is 6.24. The van der Waals surface area contributed by atoms with Gasteiger partial charge in [0.05, 0.1) is 12.2 Å². The molecule has 0 bridgehead atoms. The normalized spacial score (nSPS) is 15.8. The van der Waals surface area contributed by atoms with Crippen LogP contribution in [0.25, 0.3) is 10.9 Å². The van der Waals surface area contributed by atoms with Crippen molar-refractivity contribution < 1.29 is 0 Å². The van der Waals surface area contributed by atoms with Crippen molar-refractivity contribution in [2.75, 3.05) is 31.1 Å². The number of hydrogen-bond donors (Lipinski definition) is 0. The van der Waals surface area contributed by atoms with Crippen LogP contribution in [0.2, 0.25) is 0 Å². The molecule has 1 aliphatic heterocycles. The number of piperazine rings is 1. The Labute approximate surface area is 147 Å². The SMILES string of the molecule is S=c1ccc2ccccc2n1CN1CCN(c2ccccc2)CC1. The molecule has 122 valence electrons. The van der Waals surface area contributed by atoms with E-state index in [4.69, 9.17) is 12.2 Å². The number of fused-ring (bicyclic) bond motifs is 1. The van der Waals surface area contributed by atoms with Gasteiger partial charge in [-0.25, -0.2) is 0 Å². The van der Waals surface area contributed by atoms with E-state index in [2.05, 4.69) is 75.0 Å². The van der Waals surface area contributed by atoms with E-state index >= 15 is 0 Å². The number of para-hydroxylation sites is 2. The average molecular weight is 335 g/mol. The van der Waals surface area contributed by atoms with Gasteiger partial charge in [0, 0.05) is 31.9 Å². The van der Waals surface area contributed by atoms with Crippen molar-refractivity contribution in [3.63, 3.8) is 0 Å². The number of rotatable bonds is 3. The van der Waals surface area contributed by atoms with Gasteiger partial charge in [-0.1, -0.05) is 48.6 Å². The van der Waals surface area contributed by atoms with E-state index in [9.17, 15) is 0 Å². The predicted octanol–water partition coefficient (Wildman–Crippen LogP) is 4.15. The van der Waals surface area contributed by atoms with E-state index in [1.165, 1.54) is 16.6 Å². The van der Waals surface area contributed by atoms with Crippen molar-refractivity contribution in [1.82, 2.24) is 9.47 Å². The van der Waals surface area contributed by atoms with Gasteiger partial charge in [-0.05, 0) is 35.7 Å². The highest BCUT2D eigenvalue weighted by Gasteiger charge is 2.17. The second kappa shape index (κ2) is 6.75. The summed E-state index contributed by atoms with van der Waals surface area (Å²) in [5.74, 6) is 0. The van der Waals surface area contributed by atoms with E-state index in [0.29, 0.717) is 0 Å². The van der Waals surface area contributed by atoms with Crippen molar-refractivity contribution in [3.8, 4) is 0 Å². The van der Waals surface area contributed by atoms with Gasteiger partial charge in [0.2, 0.25) is 0 Å². The number of anilines is 1. The van der Waals surface area contributed by atoms with Crippen LogP contribution in [0.1, 0.15) is 0 Å². The van der Waals surface area contributed by atoms with Crippen LogP contribution < -0.4 is 4.90 Å². The van der Waals surface area contributed by atoms with E-state index in [1.54, 1.807) is 0 Å². The number of benzene rings is 2.